The number of nitrogens with zero attached hydrogens (tertiary/aromatic N) is 1. The number of carbonyl (C=O) groups excluding carboxylic acids is 1. The van der Waals surface area contributed by atoms with Gasteiger partial charge in [0, 0.05) is 49.4 Å². The highest BCUT2D eigenvalue weighted by Gasteiger charge is 2.06. The van der Waals surface area contributed by atoms with E-state index < -0.39 is 4.92 Å². The number of esters is 1. The van der Waals surface area contributed by atoms with Gasteiger partial charge >= 0.3 is 5.97 Å². The summed E-state index contributed by atoms with van der Waals surface area (Å²) < 4.78 is 4.46. The van der Waals surface area contributed by atoms with E-state index in [1.807, 2.05) is 0 Å². The maximum absolute atomic E-state index is 10.8. The second-order valence-corrected chi connectivity index (χ2v) is 2.68. The fraction of sp³-hybridized carbons (Fsp3) is 0.222. The van der Waals surface area contributed by atoms with E-state index in [2.05, 4.69) is 42.0 Å². The molecule has 0 atom stereocenters. The molecule has 0 spiro atoms. The number of non-ortho nitro benzene ring substituents is 1. The molecule has 0 aliphatic carbocycles. The highest BCUT2D eigenvalue weighted by atomic mass is 128. The van der Waals surface area contributed by atoms with Crippen LogP contribution in [-0.2, 0) is 16.0 Å². The smallest absolute Gasteiger partial charge is 0.309 e. The summed E-state index contributed by atoms with van der Waals surface area (Å²) in [4.78, 5) is 20.7. The predicted molar refractivity (Wildman–Crippen MR) is 76.9 cm³/mol. The number of hydrogen-bond donors (Lipinski definition) is 0. The van der Waals surface area contributed by atoms with Crippen molar-refractivity contribution in [3.63, 3.8) is 0 Å². The molecule has 0 saturated carbocycles. The third-order valence-electron chi connectivity index (χ3n) is 1.72. The second-order valence-electron chi connectivity index (χ2n) is 2.68. The molecular formula is C9H9I2NO4. The topological polar surface area (TPSA) is 69.4 Å². The molecule has 88 valence electrons. The van der Waals surface area contributed by atoms with E-state index in [4.69, 9.17) is 0 Å². The van der Waals surface area contributed by atoms with Crippen molar-refractivity contribution in [3.05, 3.63) is 39.9 Å². The first-order valence-corrected chi connectivity index (χ1v) is 10.4. The van der Waals surface area contributed by atoms with E-state index in [0.29, 0.717) is 5.56 Å². The average molecular weight is 449 g/mol. The molecule has 0 unspecified atom stereocenters. The molecule has 0 aromatic heterocycles. The maximum Gasteiger partial charge on any atom is 0.309 e. The molecule has 0 N–H and O–H groups in total. The molecule has 1 rings (SSSR count). The highest BCUT2D eigenvalue weighted by Crippen LogP contribution is 2.12. The van der Waals surface area contributed by atoms with Gasteiger partial charge in [-0.2, -0.15) is 0 Å². The highest BCUT2D eigenvalue weighted by molar-refractivity contribution is 15.0. The lowest BCUT2D eigenvalue weighted by Crippen LogP contribution is -2.04. The van der Waals surface area contributed by atoms with Crippen LogP contribution in [0.3, 0.4) is 0 Å². The minimum Gasteiger partial charge on any atom is -0.469 e. The number of methoxy groups -OCH3 is 1. The van der Waals surface area contributed by atoms with Crippen molar-refractivity contribution in [2.75, 3.05) is 7.11 Å². The van der Waals surface area contributed by atoms with E-state index in [-0.39, 0.29) is 18.1 Å². The van der Waals surface area contributed by atoms with Crippen LogP contribution in [-0.4, -0.2) is 18.0 Å². The fourth-order valence-corrected chi connectivity index (χ4v) is 0.974. The Bertz CT molecular complexity index is 353. The number of hydrogen-bond acceptors (Lipinski definition) is 4. The van der Waals surface area contributed by atoms with Gasteiger partial charge in [0.25, 0.3) is 5.69 Å². The van der Waals surface area contributed by atoms with E-state index in [1.54, 1.807) is 0 Å². The summed E-state index contributed by atoms with van der Waals surface area (Å²) in [5.41, 5.74) is 0.709. The van der Waals surface area contributed by atoms with Crippen molar-refractivity contribution in [1.82, 2.24) is 0 Å². The van der Waals surface area contributed by atoms with Crippen molar-refractivity contribution in [2.24, 2.45) is 0 Å². The monoisotopic (exact) mass is 449 g/mol. The average Bonchev–Trinajstić information content (AvgIpc) is 2.32. The van der Waals surface area contributed by atoms with Crippen LogP contribution in [0.2, 0.25) is 0 Å². The lowest BCUT2D eigenvalue weighted by atomic mass is 10.1. The summed E-state index contributed by atoms with van der Waals surface area (Å²) in [7, 11) is 1.30. The standard InChI is InChI=1S/C9H9NO4.I2/c1-14-9(11)6-7-2-4-8(5-3-7)10(12)13;1-2/h2-5H,6H2,1H3;. The van der Waals surface area contributed by atoms with Crippen LogP contribution in [0.1, 0.15) is 5.56 Å². The molecule has 1 aromatic rings. The number of nitro benzene ring substituents is 1. The molecular weight excluding hydrogens is 440 g/mol. The summed E-state index contributed by atoms with van der Waals surface area (Å²) in [6, 6.07) is 5.79. The lowest BCUT2D eigenvalue weighted by molar-refractivity contribution is -0.384. The molecule has 0 saturated heterocycles. The minimum absolute atomic E-state index is 0.0126. The zero-order valence-electron chi connectivity index (χ0n) is 8.35. The first-order chi connectivity index (χ1) is 7.63. The van der Waals surface area contributed by atoms with E-state index >= 15 is 0 Å². The van der Waals surface area contributed by atoms with Crippen LogP contribution >= 0.6 is 37.2 Å². The number of halogens is 2. The Hall–Kier alpha value is -0.450. The second kappa shape index (κ2) is 8.67. The Balaban J connectivity index is 0.00000106. The number of nitro groups is 1. The number of ether oxygens (including phenoxy) is 1. The third kappa shape index (κ3) is 5.58. The zero-order valence-corrected chi connectivity index (χ0v) is 12.7. The molecule has 0 bridgehead atoms. The van der Waals surface area contributed by atoms with Gasteiger partial charge in [-0.15, -0.1) is 0 Å². The SMILES string of the molecule is COC(=O)Cc1ccc([N+](=O)[O-])cc1.II. The summed E-state index contributed by atoms with van der Waals surface area (Å²) in [6.07, 6.45) is 0.133. The number of rotatable bonds is 3. The van der Waals surface area contributed by atoms with Crippen molar-refractivity contribution >= 4 is 48.9 Å². The Morgan fingerprint density at radius 2 is 1.88 bits per heavy atom. The largest absolute Gasteiger partial charge is 0.469 e. The first-order valence-electron chi connectivity index (χ1n) is 4.08. The van der Waals surface area contributed by atoms with E-state index in [9.17, 15) is 14.9 Å². The Morgan fingerprint density at radius 3 is 2.25 bits per heavy atom. The first kappa shape index (κ1) is 15.6. The van der Waals surface area contributed by atoms with Crippen LogP contribution in [0.15, 0.2) is 24.3 Å². The normalized spacial score (nSPS) is 8.69. The van der Waals surface area contributed by atoms with E-state index in [0.717, 1.165) is 0 Å². The molecule has 0 aliphatic rings. The van der Waals surface area contributed by atoms with Gasteiger partial charge in [0.2, 0.25) is 0 Å². The number of benzene rings is 1. The molecule has 0 aliphatic heterocycles. The Kier molecular flexibility index (Phi) is 8.43. The van der Waals surface area contributed by atoms with Crippen LogP contribution in [0.4, 0.5) is 5.69 Å². The van der Waals surface area contributed by atoms with Crippen molar-refractivity contribution < 1.29 is 14.5 Å². The molecule has 16 heavy (non-hydrogen) atoms. The van der Waals surface area contributed by atoms with Crippen molar-refractivity contribution in [2.45, 2.75) is 6.42 Å². The van der Waals surface area contributed by atoms with Crippen LogP contribution in [0, 0.1) is 10.1 Å². The lowest BCUT2D eigenvalue weighted by Gasteiger charge is -1.98. The predicted octanol–water partition coefficient (Wildman–Crippen LogP) is 3.08. The molecule has 0 fully saturated rings. The van der Waals surface area contributed by atoms with Gasteiger partial charge in [-0.1, -0.05) is 12.1 Å². The van der Waals surface area contributed by atoms with Crippen LogP contribution in [0.5, 0.6) is 0 Å². The number of carbonyl (C=O) groups is 1. The Morgan fingerprint density at radius 1 is 1.38 bits per heavy atom. The molecule has 5 nitrogen and oxygen atoms in total. The van der Waals surface area contributed by atoms with Crippen molar-refractivity contribution in [1.29, 1.82) is 0 Å². The van der Waals surface area contributed by atoms with Gasteiger partial charge in [-0.3, -0.25) is 14.9 Å². The quantitative estimate of drug-likeness (QED) is 0.308. The van der Waals surface area contributed by atoms with Crippen molar-refractivity contribution in [3.8, 4) is 0 Å². The van der Waals surface area contributed by atoms with E-state index in [1.165, 1.54) is 31.4 Å². The Labute approximate surface area is 116 Å². The molecule has 0 radical (unpaired) electrons. The molecule has 0 amide bonds. The van der Waals surface area contributed by atoms with Gasteiger partial charge in [0.1, 0.15) is 0 Å². The van der Waals surface area contributed by atoms with Gasteiger partial charge in [-0.05, 0) is 5.56 Å². The minimum atomic E-state index is -0.484. The molecule has 0 heterocycles. The summed E-state index contributed by atoms with van der Waals surface area (Å²) >= 11 is 4.24. The molecule has 1 aromatic carbocycles. The van der Waals surface area contributed by atoms with Gasteiger partial charge < -0.3 is 4.74 Å². The van der Waals surface area contributed by atoms with Crippen LogP contribution < -0.4 is 0 Å². The third-order valence-corrected chi connectivity index (χ3v) is 1.72. The zero-order chi connectivity index (χ0) is 12.6. The van der Waals surface area contributed by atoms with Gasteiger partial charge in [0.15, 0.2) is 0 Å². The summed E-state index contributed by atoms with van der Waals surface area (Å²) in [5.74, 6) is -0.362. The maximum atomic E-state index is 10.8. The summed E-state index contributed by atoms with van der Waals surface area (Å²) in [6.45, 7) is 0. The van der Waals surface area contributed by atoms with Gasteiger partial charge in [0.05, 0.1) is 18.5 Å². The fourth-order valence-electron chi connectivity index (χ4n) is 0.974. The summed E-state index contributed by atoms with van der Waals surface area (Å²) in [5, 5.41) is 10.3. The van der Waals surface area contributed by atoms with Crippen LogP contribution in [0.25, 0.3) is 0 Å². The van der Waals surface area contributed by atoms with Gasteiger partial charge in [-0.25, -0.2) is 0 Å². The molecule has 7 heteroatoms.